The number of para-hydroxylation sites is 1. The molecule has 7 nitrogen and oxygen atoms in total. The van der Waals surface area contributed by atoms with Gasteiger partial charge in [-0.15, -0.1) is 0 Å². The van der Waals surface area contributed by atoms with Crippen LogP contribution < -0.4 is 5.43 Å². The lowest BCUT2D eigenvalue weighted by Crippen LogP contribution is -2.45. The van der Waals surface area contributed by atoms with Gasteiger partial charge in [0.1, 0.15) is 17.4 Å². The molecular weight excluding hydrogens is 446 g/mol. The molecule has 1 aromatic heterocycles. The molecule has 2 heterocycles. The van der Waals surface area contributed by atoms with Crippen LogP contribution in [0, 0.1) is 11.3 Å². The van der Waals surface area contributed by atoms with E-state index < -0.39 is 5.91 Å². The maximum absolute atomic E-state index is 13.0. The molecule has 0 unspecified atom stereocenters. The number of hydrogen-bond donors (Lipinski definition) is 2. The molecule has 2 N–H and O–H groups in total. The van der Waals surface area contributed by atoms with E-state index in [1.807, 2.05) is 29.3 Å². The lowest BCUT2D eigenvalue weighted by Gasteiger charge is -2.26. The molecule has 1 aliphatic rings. The van der Waals surface area contributed by atoms with Gasteiger partial charge in [0.2, 0.25) is 0 Å². The number of phenols is 1. The molecule has 1 saturated heterocycles. The predicted octanol–water partition coefficient (Wildman–Crippen LogP) is 4.01. The van der Waals surface area contributed by atoms with Crippen molar-refractivity contribution in [1.82, 2.24) is 20.2 Å². The first-order valence-corrected chi connectivity index (χ1v) is 10.5. The lowest BCUT2D eigenvalue weighted by molar-refractivity contribution is 0.0744. The van der Waals surface area contributed by atoms with Gasteiger partial charge in [-0.25, -0.2) is 9.69 Å². The number of hydrogen-bond acceptors (Lipinski definition) is 5. The molecule has 0 atom stereocenters. The number of nitriles is 1. The van der Waals surface area contributed by atoms with Crippen molar-refractivity contribution in [1.29, 1.82) is 5.26 Å². The van der Waals surface area contributed by atoms with Crippen LogP contribution in [-0.4, -0.2) is 38.9 Å². The normalized spacial score (nSPS) is 14.3. The molecule has 1 fully saturated rings. The van der Waals surface area contributed by atoms with E-state index in [2.05, 4.69) is 32.5 Å². The Morgan fingerprint density at radius 1 is 1.10 bits per heavy atom. The summed E-state index contributed by atoms with van der Waals surface area (Å²) in [5.74, 6) is -0.286. The van der Waals surface area contributed by atoms with Crippen molar-refractivity contribution in [2.45, 2.75) is 19.3 Å². The zero-order valence-corrected chi connectivity index (χ0v) is 17.8. The molecular formula is C22H20BrN5O2. The highest BCUT2D eigenvalue weighted by molar-refractivity contribution is 9.10. The largest absolute Gasteiger partial charge is 0.508 e. The van der Waals surface area contributed by atoms with Crippen molar-refractivity contribution < 1.29 is 9.90 Å². The third-order valence-electron chi connectivity index (χ3n) is 5.05. The molecule has 3 aromatic rings. The van der Waals surface area contributed by atoms with Gasteiger partial charge in [0, 0.05) is 23.1 Å². The molecule has 1 amide bonds. The average Bonchev–Trinajstić information content (AvgIpc) is 3.15. The van der Waals surface area contributed by atoms with E-state index >= 15 is 0 Å². The minimum absolute atomic E-state index is 0.0712. The third kappa shape index (κ3) is 3.95. The SMILES string of the molecule is N#Cc1c(C(=O)NN2CCCCC2)nn(-c2ccccc2Br)c1-c1ccc(O)cc1. The number of aromatic hydroxyl groups is 1. The van der Waals surface area contributed by atoms with Crippen LogP contribution in [0.1, 0.15) is 35.3 Å². The number of benzene rings is 2. The lowest BCUT2D eigenvalue weighted by atomic mass is 10.1. The summed E-state index contributed by atoms with van der Waals surface area (Å²) >= 11 is 3.53. The quantitative estimate of drug-likeness (QED) is 0.606. The highest BCUT2D eigenvalue weighted by Gasteiger charge is 2.27. The van der Waals surface area contributed by atoms with E-state index in [-0.39, 0.29) is 17.0 Å². The molecule has 0 spiro atoms. The first-order chi connectivity index (χ1) is 14.6. The van der Waals surface area contributed by atoms with E-state index in [0.717, 1.165) is 36.8 Å². The number of phenolic OH excluding ortho intramolecular Hbond substituents is 1. The van der Waals surface area contributed by atoms with Crippen molar-refractivity contribution in [3.63, 3.8) is 0 Å². The second-order valence-corrected chi connectivity index (χ2v) is 7.94. The van der Waals surface area contributed by atoms with Crippen LogP contribution in [0.2, 0.25) is 0 Å². The van der Waals surface area contributed by atoms with Crippen molar-refractivity contribution in [3.8, 4) is 28.8 Å². The van der Waals surface area contributed by atoms with E-state index in [4.69, 9.17) is 0 Å². The van der Waals surface area contributed by atoms with Gasteiger partial charge in [-0.2, -0.15) is 10.4 Å². The third-order valence-corrected chi connectivity index (χ3v) is 5.72. The number of hydrazine groups is 1. The van der Waals surface area contributed by atoms with Gasteiger partial charge in [0.25, 0.3) is 5.91 Å². The topological polar surface area (TPSA) is 94.2 Å². The average molecular weight is 466 g/mol. The van der Waals surface area contributed by atoms with E-state index in [1.165, 1.54) is 0 Å². The van der Waals surface area contributed by atoms with Gasteiger partial charge in [-0.3, -0.25) is 10.2 Å². The summed E-state index contributed by atoms with van der Waals surface area (Å²) in [6, 6.07) is 16.1. The van der Waals surface area contributed by atoms with Crippen LogP contribution in [0.4, 0.5) is 0 Å². The zero-order valence-electron chi connectivity index (χ0n) is 16.2. The van der Waals surface area contributed by atoms with Crippen molar-refractivity contribution in [2.24, 2.45) is 0 Å². The Morgan fingerprint density at radius 3 is 2.47 bits per heavy atom. The highest BCUT2D eigenvalue weighted by Crippen LogP contribution is 2.32. The number of carbonyl (C=O) groups excluding carboxylic acids is 1. The van der Waals surface area contributed by atoms with Gasteiger partial charge in [0.05, 0.1) is 11.4 Å². The van der Waals surface area contributed by atoms with Crippen LogP contribution in [0.5, 0.6) is 5.75 Å². The fraction of sp³-hybridized carbons (Fsp3) is 0.227. The van der Waals surface area contributed by atoms with Crippen LogP contribution in [0.3, 0.4) is 0 Å². The predicted molar refractivity (Wildman–Crippen MR) is 116 cm³/mol. The van der Waals surface area contributed by atoms with Crippen LogP contribution in [0.15, 0.2) is 53.0 Å². The number of amides is 1. The van der Waals surface area contributed by atoms with Crippen LogP contribution in [0.25, 0.3) is 16.9 Å². The minimum atomic E-state index is -0.403. The fourth-order valence-electron chi connectivity index (χ4n) is 3.57. The molecule has 2 aromatic carbocycles. The van der Waals surface area contributed by atoms with Crippen LogP contribution >= 0.6 is 15.9 Å². The second kappa shape index (κ2) is 8.69. The van der Waals surface area contributed by atoms with Crippen molar-refractivity contribution in [3.05, 3.63) is 64.3 Å². The Kier molecular flexibility index (Phi) is 5.84. The second-order valence-electron chi connectivity index (χ2n) is 7.08. The number of halogens is 1. The Hall–Kier alpha value is -3.15. The Balaban J connectivity index is 1.84. The minimum Gasteiger partial charge on any atom is -0.508 e. The summed E-state index contributed by atoms with van der Waals surface area (Å²) in [7, 11) is 0. The van der Waals surface area contributed by atoms with Gasteiger partial charge in [-0.1, -0.05) is 18.6 Å². The molecule has 1 aliphatic heterocycles. The van der Waals surface area contributed by atoms with E-state index in [0.29, 0.717) is 16.9 Å². The summed E-state index contributed by atoms with van der Waals surface area (Å²) in [5.41, 5.74) is 5.02. The monoisotopic (exact) mass is 465 g/mol. The van der Waals surface area contributed by atoms with Crippen molar-refractivity contribution >= 4 is 21.8 Å². The standard InChI is InChI=1S/C22H20BrN5O2/c23-18-6-2-3-7-19(18)28-21(15-8-10-16(29)11-9-15)17(14-24)20(25-28)22(30)26-27-12-4-1-5-13-27/h2-3,6-11,29H,1,4-5,12-13H2,(H,26,30). The Morgan fingerprint density at radius 2 is 1.80 bits per heavy atom. The summed E-state index contributed by atoms with van der Waals surface area (Å²) in [6.45, 7) is 1.56. The summed E-state index contributed by atoms with van der Waals surface area (Å²) in [6.07, 6.45) is 3.20. The number of nitrogens with one attached hydrogen (secondary N) is 1. The Bertz CT molecular complexity index is 1110. The number of carbonyl (C=O) groups is 1. The molecule has 8 heteroatoms. The van der Waals surface area contributed by atoms with Gasteiger partial charge >= 0.3 is 0 Å². The number of nitrogens with zero attached hydrogens (tertiary/aromatic N) is 4. The molecule has 4 rings (SSSR count). The first kappa shape index (κ1) is 20.1. The van der Waals surface area contributed by atoms with Crippen LogP contribution in [-0.2, 0) is 0 Å². The molecule has 0 radical (unpaired) electrons. The first-order valence-electron chi connectivity index (χ1n) is 9.72. The molecule has 152 valence electrons. The Labute approximate surface area is 182 Å². The number of piperidine rings is 1. The van der Waals surface area contributed by atoms with Gasteiger partial charge < -0.3 is 5.11 Å². The van der Waals surface area contributed by atoms with Crippen molar-refractivity contribution in [2.75, 3.05) is 13.1 Å². The summed E-state index contributed by atoms with van der Waals surface area (Å²) in [4.78, 5) is 13.0. The van der Waals surface area contributed by atoms with Gasteiger partial charge in [-0.05, 0) is 65.2 Å². The summed E-state index contributed by atoms with van der Waals surface area (Å²) < 4.78 is 2.38. The molecule has 0 saturated carbocycles. The smallest absolute Gasteiger partial charge is 0.287 e. The molecule has 0 bridgehead atoms. The maximum Gasteiger partial charge on any atom is 0.287 e. The number of rotatable bonds is 4. The van der Waals surface area contributed by atoms with E-state index in [1.54, 1.807) is 28.9 Å². The molecule has 30 heavy (non-hydrogen) atoms. The fourth-order valence-corrected chi connectivity index (χ4v) is 4.02. The van der Waals surface area contributed by atoms with Gasteiger partial charge in [0.15, 0.2) is 5.69 Å². The molecule has 0 aliphatic carbocycles. The summed E-state index contributed by atoms with van der Waals surface area (Å²) in [5, 5.41) is 26.0. The highest BCUT2D eigenvalue weighted by atomic mass is 79.9. The number of aromatic nitrogens is 2. The maximum atomic E-state index is 13.0. The zero-order chi connectivity index (χ0) is 21.1. The van der Waals surface area contributed by atoms with E-state index in [9.17, 15) is 15.2 Å².